The Labute approximate surface area is 183 Å². The molecule has 2 aliphatic rings. The summed E-state index contributed by atoms with van der Waals surface area (Å²) in [7, 11) is 1.28. The van der Waals surface area contributed by atoms with Gasteiger partial charge < -0.3 is 19.7 Å². The van der Waals surface area contributed by atoms with Gasteiger partial charge in [0.15, 0.2) is 0 Å². The molecule has 0 spiro atoms. The molecule has 3 rings (SSSR count). The van der Waals surface area contributed by atoms with E-state index >= 15 is 0 Å². The first kappa shape index (κ1) is 22.4. The van der Waals surface area contributed by atoms with Crippen molar-refractivity contribution in [3.63, 3.8) is 0 Å². The summed E-state index contributed by atoms with van der Waals surface area (Å²) in [6, 6.07) is 0. The van der Waals surface area contributed by atoms with Crippen molar-refractivity contribution in [2.45, 2.75) is 39.0 Å². The van der Waals surface area contributed by atoms with Gasteiger partial charge in [-0.3, -0.25) is 9.59 Å². The van der Waals surface area contributed by atoms with Gasteiger partial charge in [0.2, 0.25) is 11.8 Å². The molecule has 8 nitrogen and oxygen atoms in total. The summed E-state index contributed by atoms with van der Waals surface area (Å²) >= 11 is 2.72. The Bertz CT molecular complexity index is 892. The van der Waals surface area contributed by atoms with E-state index in [-0.39, 0.29) is 24.2 Å². The van der Waals surface area contributed by atoms with Crippen LogP contribution in [-0.2, 0) is 36.7 Å². The third kappa shape index (κ3) is 5.23. The van der Waals surface area contributed by atoms with Crippen molar-refractivity contribution in [1.82, 2.24) is 4.90 Å². The third-order valence-electron chi connectivity index (χ3n) is 4.78. The molecule has 2 amide bonds. The number of fused-ring (bicyclic) bond motifs is 1. The highest BCUT2D eigenvalue weighted by atomic mass is 32.2. The van der Waals surface area contributed by atoms with Crippen molar-refractivity contribution in [3.05, 3.63) is 27.1 Å². The number of thioether (sulfide) groups is 1. The minimum atomic E-state index is -0.517. The Morgan fingerprint density at radius 2 is 2.00 bits per heavy atom. The van der Waals surface area contributed by atoms with Gasteiger partial charge in [0.1, 0.15) is 5.00 Å². The number of esters is 2. The maximum atomic E-state index is 12.8. The molecule has 10 heteroatoms. The number of ether oxygens (including phenoxy) is 2. The molecule has 0 atom stereocenters. The highest BCUT2D eigenvalue weighted by Gasteiger charge is 2.28. The number of nitrogens with zero attached hydrogens (tertiary/aromatic N) is 1. The van der Waals surface area contributed by atoms with E-state index in [1.54, 1.807) is 0 Å². The van der Waals surface area contributed by atoms with E-state index in [0.29, 0.717) is 28.6 Å². The number of nitrogens with one attached hydrogen (secondary N) is 1. The normalized spacial score (nSPS) is 17.1. The van der Waals surface area contributed by atoms with Crippen molar-refractivity contribution in [3.8, 4) is 0 Å². The van der Waals surface area contributed by atoms with Gasteiger partial charge in [-0.25, -0.2) is 9.59 Å². The molecule has 1 aliphatic carbocycles. The van der Waals surface area contributed by atoms with Crippen LogP contribution in [0.1, 0.15) is 47.0 Å². The number of amides is 2. The number of carbonyl (C=O) groups excluding carboxylic acids is 4. The van der Waals surface area contributed by atoms with Gasteiger partial charge in [-0.15, -0.1) is 11.3 Å². The number of hydrogen-bond donors (Lipinski definition) is 1. The van der Waals surface area contributed by atoms with Gasteiger partial charge in [-0.05, 0) is 37.7 Å². The molecule has 1 fully saturated rings. The average molecular weight is 453 g/mol. The van der Waals surface area contributed by atoms with E-state index < -0.39 is 11.9 Å². The summed E-state index contributed by atoms with van der Waals surface area (Å²) in [5, 5.41) is 3.84. The standard InChI is InChI=1S/C20H24N2O6S2/c1-12(23)21-19-18(13-6-3-4-7-14(13)30-19)20(26)28-9-5-8-22-15(24)11-29-16(22)10-17(25)27-2/h10H,3-9,11H2,1-2H3,(H,21,23)/b16-10+. The van der Waals surface area contributed by atoms with Crippen molar-refractivity contribution >= 4 is 51.9 Å². The number of hydrogen-bond acceptors (Lipinski definition) is 8. The zero-order valence-corrected chi connectivity index (χ0v) is 18.6. The van der Waals surface area contributed by atoms with Crippen LogP contribution in [0.25, 0.3) is 0 Å². The van der Waals surface area contributed by atoms with Crippen LogP contribution in [-0.4, -0.2) is 54.7 Å². The largest absolute Gasteiger partial charge is 0.466 e. The first-order valence-electron chi connectivity index (χ1n) is 9.72. The summed E-state index contributed by atoms with van der Waals surface area (Å²) in [5.74, 6) is -1.02. The Kier molecular flexibility index (Phi) is 7.54. The van der Waals surface area contributed by atoms with E-state index in [1.165, 1.54) is 48.1 Å². The molecule has 0 unspecified atom stereocenters. The SMILES string of the molecule is COC(=O)/C=C1/SCC(=O)N1CCCOC(=O)c1c(NC(C)=O)sc2c1CCCC2. The molecule has 1 N–H and O–H groups in total. The monoisotopic (exact) mass is 452 g/mol. The average Bonchev–Trinajstić information content (AvgIpc) is 3.24. The maximum Gasteiger partial charge on any atom is 0.341 e. The molecule has 30 heavy (non-hydrogen) atoms. The lowest BCUT2D eigenvalue weighted by molar-refractivity contribution is -0.134. The van der Waals surface area contributed by atoms with Crippen molar-refractivity contribution in [2.75, 3.05) is 31.3 Å². The lowest BCUT2D eigenvalue weighted by Gasteiger charge is -2.17. The third-order valence-corrected chi connectivity index (χ3v) is 7.01. The Hall–Kier alpha value is -2.33. The van der Waals surface area contributed by atoms with Crippen LogP contribution >= 0.6 is 23.1 Å². The molecule has 0 aromatic carbocycles. The molecule has 1 aliphatic heterocycles. The van der Waals surface area contributed by atoms with Crippen LogP contribution in [0.5, 0.6) is 0 Å². The van der Waals surface area contributed by atoms with Crippen LogP contribution in [0.2, 0.25) is 0 Å². The minimum Gasteiger partial charge on any atom is -0.466 e. The van der Waals surface area contributed by atoms with Crippen molar-refractivity contribution in [2.24, 2.45) is 0 Å². The summed E-state index contributed by atoms with van der Waals surface area (Å²) < 4.78 is 10.1. The summed E-state index contributed by atoms with van der Waals surface area (Å²) in [6.07, 6.45) is 5.51. The van der Waals surface area contributed by atoms with Gasteiger partial charge in [-0.2, -0.15) is 0 Å². The van der Waals surface area contributed by atoms with E-state index in [2.05, 4.69) is 10.1 Å². The van der Waals surface area contributed by atoms with E-state index in [9.17, 15) is 19.2 Å². The molecule has 0 radical (unpaired) electrons. The van der Waals surface area contributed by atoms with Crippen molar-refractivity contribution < 1.29 is 28.7 Å². The number of thiophene rings is 1. The van der Waals surface area contributed by atoms with Crippen LogP contribution in [0, 0.1) is 0 Å². The van der Waals surface area contributed by atoms with E-state index in [4.69, 9.17) is 4.74 Å². The number of aryl methyl sites for hydroxylation is 1. The first-order chi connectivity index (χ1) is 14.4. The van der Waals surface area contributed by atoms with Crippen molar-refractivity contribution in [1.29, 1.82) is 0 Å². The molecule has 0 saturated carbocycles. The molecule has 1 saturated heterocycles. The van der Waals surface area contributed by atoms with Gasteiger partial charge in [0, 0.05) is 18.3 Å². The number of anilines is 1. The van der Waals surface area contributed by atoms with Crippen LogP contribution < -0.4 is 5.32 Å². The summed E-state index contributed by atoms with van der Waals surface area (Å²) in [6.45, 7) is 1.88. The second kappa shape index (κ2) is 10.1. The van der Waals surface area contributed by atoms with E-state index in [1.807, 2.05) is 0 Å². The van der Waals surface area contributed by atoms with Crippen LogP contribution in [0.15, 0.2) is 11.1 Å². The number of methoxy groups -OCH3 is 1. The molecular weight excluding hydrogens is 428 g/mol. The highest BCUT2D eigenvalue weighted by Crippen LogP contribution is 2.38. The minimum absolute atomic E-state index is 0.0960. The first-order valence-corrected chi connectivity index (χ1v) is 11.5. The fourth-order valence-electron chi connectivity index (χ4n) is 3.42. The van der Waals surface area contributed by atoms with Gasteiger partial charge >= 0.3 is 11.9 Å². The fourth-order valence-corrected chi connectivity index (χ4v) is 5.70. The second-order valence-corrected chi connectivity index (χ2v) is 9.03. The lowest BCUT2D eigenvalue weighted by Crippen LogP contribution is -2.27. The Morgan fingerprint density at radius 3 is 2.73 bits per heavy atom. The predicted octanol–water partition coefficient (Wildman–Crippen LogP) is 2.72. The zero-order chi connectivity index (χ0) is 21.7. The van der Waals surface area contributed by atoms with Crippen LogP contribution in [0.3, 0.4) is 0 Å². The highest BCUT2D eigenvalue weighted by molar-refractivity contribution is 8.04. The zero-order valence-electron chi connectivity index (χ0n) is 16.9. The van der Waals surface area contributed by atoms with Crippen LogP contribution in [0.4, 0.5) is 5.00 Å². The fraction of sp³-hybridized carbons (Fsp3) is 0.500. The quantitative estimate of drug-likeness (QED) is 0.385. The lowest BCUT2D eigenvalue weighted by atomic mass is 9.95. The number of rotatable bonds is 7. The molecule has 0 bridgehead atoms. The van der Waals surface area contributed by atoms with Gasteiger partial charge in [0.25, 0.3) is 0 Å². The smallest absolute Gasteiger partial charge is 0.341 e. The summed E-state index contributed by atoms with van der Waals surface area (Å²) in [5.41, 5.74) is 1.44. The second-order valence-electron chi connectivity index (χ2n) is 6.93. The number of carbonyl (C=O) groups is 4. The predicted molar refractivity (Wildman–Crippen MR) is 114 cm³/mol. The molecule has 1 aromatic heterocycles. The van der Waals surface area contributed by atoms with E-state index in [0.717, 1.165) is 36.1 Å². The van der Waals surface area contributed by atoms with Gasteiger partial charge in [-0.1, -0.05) is 11.8 Å². The molecule has 162 valence electrons. The Morgan fingerprint density at radius 1 is 1.23 bits per heavy atom. The molecular formula is C20H24N2O6S2. The molecule has 1 aromatic rings. The molecule has 2 heterocycles. The maximum absolute atomic E-state index is 12.8. The topological polar surface area (TPSA) is 102 Å². The Balaban J connectivity index is 1.60. The van der Waals surface area contributed by atoms with Gasteiger partial charge in [0.05, 0.1) is 36.1 Å². The summed E-state index contributed by atoms with van der Waals surface area (Å²) in [4.78, 5) is 50.4.